The topological polar surface area (TPSA) is 52.6 Å². The van der Waals surface area contributed by atoms with Crippen LogP contribution in [0.15, 0.2) is 23.1 Å². The Bertz CT molecular complexity index is 496. The maximum absolute atomic E-state index is 13.0. The first kappa shape index (κ1) is 17.9. The van der Waals surface area contributed by atoms with E-state index in [0.717, 1.165) is 23.9 Å². The largest absolute Gasteiger partial charge is 0.387 e. The van der Waals surface area contributed by atoms with E-state index in [2.05, 4.69) is 5.32 Å². The molecule has 4 nitrogen and oxygen atoms in total. The van der Waals surface area contributed by atoms with Crippen molar-refractivity contribution in [2.45, 2.75) is 17.4 Å². The van der Waals surface area contributed by atoms with Crippen molar-refractivity contribution in [3.8, 4) is 0 Å². The van der Waals surface area contributed by atoms with Gasteiger partial charge in [-0.3, -0.25) is 4.79 Å². The predicted molar refractivity (Wildman–Crippen MR) is 79.3 cm³/mol. The van der Waals surface area contributed by atoms with E-state index in [4.69, 9.17) is 0 Å². The SMILES string of the molecule is CN(C)CC(C)(O)CNC(=O)CSc1ccc(F)c(F)c1. The van der Waals surface area contributed by atoms with Gasteiger partial charge in [-0.15, -0.1) is 11.8 Å². The molecule has 0 saturated carbocycles. The molecule has 1 aromatic carbocycles. The van der Waals surface area contributed by atoms with Gasteiger partial charge in [0.05, 0.1) is 11.4 Å². The number of rotatable bonds is 7. The molecule has 0 radical (unpaired) electrons. The molecule has 2 N–H and O–H groups in total. The molecule has 21 heavy (non-hydrogen) atoms. The van der Waals surface area contributed by atoms with Crippen LogP contribution in [0.1, 0.15) is 6.92 Å². The Hall–Kier alpha value is -1.18. The summed E-state index contributed by atoms with van der Waals surface area (Å²) in [5, 5.41) is 12.7. The zero-order valence-electron chi connectivity index (χ0n) is 12.3. The van der Waals surface area contributed by atoms with Crippen LogP contribution in [-0.4, -0.2) is 54.5 Å². The van der Waals surface area contributed by atoms with E-state index in [1.165, 1.54) is 6.07 Å². The standard InChI is InChI=1S/C14H20F2N2O2S/c1-14(20,9-18(2)3)8-17-13(19)7-21-10-4-5-11(15)12(16)6-10/h4-6,20H,7-9H2,1-3H3,(H,17,19). The van der Waals surface area contributed by atoms with Gasteiger partial charge < -0.3 is 15.3 Å². The van der Waals surface area contributed by atoms with Crippen LogP contribution in [0.3, 0.4) is 0 Å². The van der Waals surface area contributed by atoms with Gasteiger partial charge in [0.15, 0.2) is 11.6 Å². The van der Waals surface area contributed by atoms with E-state index in [0.29, 0.717) is 11.4 Å². The van der Waals surface area contributed by atoms with Gasteiger partial charge in [0.1, 0.15) is 0 Å². The molecule has 1 rings (SSSR count). The van der Waals surface area contributed by atoms with Crippen molar-refractivity contribution >= 4 is 17.7 Å². The van der Waals surface area contributed by atoms with Crippen LogP contribution < -0.4 is 5.32 Å². The number of likely N-dealkylation sites (N-methyl/N-ethyl adjacent to an activating group) is 1. The van der Waals surface area contributed by atoms with Crippen molar-refractivity contribution in [1.82, 2.24) is 10.2 Å². The Kier molecular flexibility index (Phi) is 6.57. The molecule has 118 valence electrons. The normalized spacial score (nSPS) is 14.0. The van der Waals surface area contributed by atoms with Gasteiger partial charge in [-0.25, -0.2) is 8.78 Å². The fourth-order valence-corrected chi connectivity index (χ4v) is 2.54. The van der Waals surface area contributed by atoms with E-state index >= 15 is 0 Å². The Morgan fingerprint density at radius 1 is 1.38 bits per heavy atom. The van der Waals surface area contributed by atoms with Crippen LogP contribution in [0.4, 0.5) is 8.78 Å². The third-order valence-corrected chi connectivity index (χ3v) is 3.58. The summed E-state index contributed by atoms with van der Waals surface area (Å²) in [5.41, 5.74) is -1.02. The molecule has 0 aliphatic rings. The number of carbonyl (C=O) groups is 1. The summed E-state index contributed by atoms with van der Waals surface area (Å²) in [4.78, 5) is 14.0. The number of carbonyl (C=O) groups excluding carboxylic acids is 1. The van der Waals surface area contributed by atoms with Crippen molar-refractivity contribution in [2.75, 3.05) is 32.9 Å². The predicted octanol–water partition coefficient (Wildman–Crippen LogP) is 1.49. The first-order chi connectivity index (χ1) is 9.69. The lowest BCUT2D eigenvalue weighted by Crippen LogP contribution is -2.47. The molecule has 0 bridgehead atoms. The molecule has 0 spiro atoms. The van der Waals surface area contributed by atoms with Crippen LogP contribution in [0.5, 0.6) is 0 Å². The minimum absolute atomic E-state index is 0.0725. The Labute approximate surface area is 127 Å². The highest BCUT2D eigenvalue weighted by atomic mass is 32.2. The van der Waals surface area contributed by atoms with Crippen molar-refractivity contribution < 1.29 is 18.7 Å². The van der Waals surface area contributed by atoms with Crippen LogP contribution >= 0.6 is 11.8 Å². The van der Waals surface area contributed by atoms with Crippen LogP contribution in [0.25, 0.3) is 0 Å². The molecule has 0 fully saturated rings. The summed E-state index contributed by atoms with van der Waals surface area (Å²) in [7, 11) is 3.66. The molecule has 1 amide bonds. The summed E-state index contributed by atoms with van der Waals surface area (Å²) in [6, 6.07) is 3.49. The third kappa shape index (κ3) is 6.88. The molecule has 1 aromatic rings. The third-order valence-electron chi connectivity index (χ3n) is 2.58. The number of halogens is 2. The minimum atomic E-state index is -1.02. The number of nitrogens with one attached hydrogen (secondary N) is 1. The van der Waals surface area contributed by atoms with Crippen molar-refractivity contribution in [3.05, 3.63) is 29.8 Å². The zero-order valence-corrected chi connectivity index (χ0v) is 13.1. The second-order valence-electron chi connectivity index (χ2n) is 5.38. The van der Waals surface area contributed by atoms with Gasteiger partial charge in [-0.2, -0.15) is 0 Å². The molecular weight excluding hydrogens is 298 g/mol. The summed E-state index contributed by atoms with van der Waals surface area (Å²) >= 11 is 1.11. The van der Waals surface area contributed by atoms with Crippen molar-refractivity contribution in [2.24, 2.45) is 0 Å². The number of aliphatic hydroxyl groups is 1. The lowest BCUT2D eigenvalue weighted by atomic mass is 10.1. The highest BCUT2D eigenvalue weighted by molar-refractivity contribution is 8.00. The highest BCUT2D eigenvalue weighted by Crippen LogP contribution is 2.20. The zero-order chi connectivity index (χ0) is 16.0. The van der Waals surface area contributed by atoms with Gasteiger partial charge in [-0.1, -0.05) is 0 Å². The number of hydrogen-bond acceptors (Lipinski definition) is 4. The summed E-state index contributed by atoms with van der Waals surface area (Å²) in [6.07, 6.45) is 0. The quantitative estimate of drug-likeness (QED) is 0.748. The van der Waals surface area contributed by atoms with Gasteiger partial charge in [0, 0.05) is 18.0 Å². The highest BCUT2D eigenvalue weighted by Gasteiger charge is 2.22. The Balaban J connectivity index is 2.39. The van der Waals surface area contributed by atoms with Crippen LogP contribution in [0, 0.1) is 11.6 Å². The first-order valence-electron chi connectivity index (χ1n) is 6.41. The maximum atomic E-state index is 13.0. The van der Waals surface area contributed by atoms with Crippen molar-refractivity contribution in [1.29, 1.82) is 0 Å². The Morgan fingerprint density at radius 2 is 2.05 bits per heavy atom. The molecule has 1 unspecified atom stereocenters. The van der Waals surface area contributed by atoms with Gasteiger partial charge >= 0.3 is 0 Å². The fraction of sp³-hybridized carbons (Fsp3) is 0.500. The van der Waals surface area contributed by atoms with Gasteiger partial charge in [-0.05, 0) is 39.2 Å². The molecule has 7 heteroatoms. The van der Waals surface area contributed by atoms with E-state index in [1.54, 1.807) is 6.92 Å². The van der Waals surface area contributed by atoms with E-state index in [1.807, 2.05) is 19.0 Å². The molecule has 0 aliphatic heterocycles. The van der Waals surface area contributed by atoms with E-state index < -0.39 is 17.2 Å². The molecular formula is C14H20F2N2O2S. The maximum Gasteiger partial charge on any atom is 0.230 e. The average molecular weight is 318 g/mol. The summed E-state index contributed by atoms with van der Waals surface area (Å²) in [6.45, 7) is 2.18. The molecule has 0 heterocycles. The van der Waals surface area contributed by atoms with Gasteiger partial charge in [0.25, 0.3) is 0 Å². The average Bonchev–Trinajstić information content (AvgIpc) is 2.36. The van der Waals surface area contributed by atoms with Crippen LogP contribution in [0.2, 0.25) is 0 Å². The van der Waals surface area contributed by atoms with E-state index in [-0.39, 0.29) is 18.2 Å². The van der Waals surface area contributed by atoms with Crippen LogP contribution in [-0.2, 0) is 4.79 Å². The monoisotopic (exact) mass is 318 g/mol. The molecule has 0 aliphatic carbocycles. The lowest BCUT2D eigenvalue weighted by molar-refractivity contribution is -0.119. The lowest BCUT2D eigenvalue weighted by Gasteiger charge is -2.27. The van der Waals surface area contributed by atoms with E-state index in [9.17, 15) is 18.7 Å². The number of thioether (sulfide) groups is 1. The molecule has 0 aromatic heterocycles. The van der Waals surface area contributed by atoms with Gasteiger partial charge in [0.2, 0.25) is 5.91 Å². The second kappa shape index (κ2) is 7.72. The summed E-state index contributed by atoms with van der Waals surface area (Å²) in [5.74, 6) is -2.05. The molecule has 0 saturated heterocycles. The fourth-order valence-electron chi connectivity index (χ4n) is 1.79. The summed E-state index contributed by atoms with van der Waals surface area (Å²) < 4.78 is 25.8. The number of hydrogen-bond donors (Lipinski definition) is 2. The second-order valence-corrected chi connectivity index (χ2v) is 6.42. The minimum Gasteiger partial charge on any atom is -0.387 e. The number of benzene rings is 1. The van der Waals surface area contributed by atoms with Crippen molar-refractivity contribution in [3.63, 3.8) is 0 Å². The number of amides is 1. The number of nitrogens with zero attached hydrogens (tertiary/aromatic N) is 1. The molecule has 1 atom stereocenters. The first-order valence-corrected chi connectivity index (χ1v) is 7.40. The smallest absolute Gasteiger partial charge is 0.230 e. The Morgan fingerprint density at radius 3 is 2.62 bits per heavy atom.